The number of hydrogen-bond donors (Lipinski definition) is 0. The van der Waals surface area contributed by atoms with Crippen LogP contribution < -0.4 is 14.2 Å². The molecule has 0 aliphatic carbocycles. The van der Waals surface area contributed by atoms with E-state index >= 15 is 0 Å². The number of benzene rings is 2. The number of esters is 4. The van der Waals surface area contributed by atoms with Crippen LogP contribution in [0.15, 0.2) is 42.5 Å². The molecule has 0 saturated heterocycles. The molecule has 2 rings (SSSR count). The monoisotopic (exact) mass is 372 g/mol. The first-order chi connectivity index (χ1) is 12.8. The van der Waals surface area contributed by atoms with Gasteiger partial charge in [0.25, 0.3) is 0 Å². The first-order valence-corrected chi connectivity index (χ1v) is 7.72. The van der Waals surface area contributed by atoms with Crippen LogP contribution in [0.1, 0.15) is 34.6 Å². The summed E-state index contributed by atoms with van der Waals surface area (Å²) in [6.07, 6.45) is 0. The number of methoxy groups -OCH3 is 1. The topological polar surface area (TPSA) is 105 Å². The molecule has 2 aromatic carbocycles. The van der Waals surface area contributed by atoms with Crippen molar-refractivity contribution in [2.24, 2.45) is 0 Å². The molecule has 140 valence electrons. The first kappa shape index (κ1) is 19.6. The Morgan fingerprint density at radius 2 is 1.33 bits per heavy atom. The minimum atomic E-state index is -0.920. The van der Waals surface area contributed by atoms with E-state index in [0.29, 0.717) is 0 Å². The van der Waals surface area contributed by atoms with Gasteiger partial charge in [0.1, 0.15) is 28.4 Å². The van der Waals surface area contributed by atoms with Crippen molar-refractivity contribution >= 4 is 23.9 Å². The molecule has 2 aromatic rings. The van der Waals surface area contributed by atoms with Crippen LogP contribution in [-0.2, 0) is 14.3 Å². The van der Waals surface area contributed by atoms with Gasteiger partial charge >= 0.3 is 23.9 Å². The number of carbonyl (C=O) groups excluding carboxylic acids is 4. The smallest absolute Gasteiger partial charge is 0.347 e. The number of hydrogen-bond acceptors (Lipinski definition) is 8. The predicted octanol–water partition coefficient (Wildman–Crippen LogP) is 2.54. The maximum atomic E-state index is 12.6. The van der Waals surface area contributed by atoms with Crippen molar-refractivity contribution in [1.29, 1.82) is 0 Å². The van der Waals surface area contributed by atoms with E-state index in [1.165, 1.54) is 51.3 Å². The summed E-state index contributed by atoms with van der Waals surface area (Å²) in [6.45, 7) is 2.37. The Bertz CT molecular complexity index is 900. The highest BCUT2D eigenvalue weighted by atomic mass is 16.6. The molecule has 8 nitrogen and oxygen atoms in total. The highest BCUT2D eigenvalue weighted by molar-refractivity contribution is 5.98. The van der Waals surface area contributed by atoms with Gasteiger partial charge in [-0.05, 0) is 30.3 Å². The summed E-state index contributed by atoms with van der Waals surface area (Å²) in [5, 5.41) is 0. The Morgan fingerprint density at radius 1 is 0.704 bits per heavy atom. The van der Waals surface area contributed by atoms with E-state index in [4.69, 9.17) is 14.2 Å². The molecule has 0 aliphatic rings. The molecule has 0 radical (unpaired) electrons. The van der Waals surface area contributed by atoms with Gasteiger partial charge in [0.15, 0.2) is 0 Å². The molecule has 0 amide bonds. The van der Waals surface area contributed by atoms with E-state index in [-0.39, 0.29) is 28.4 Å². The van der Waals surface area contributed by atoms with Crippen LogP contribution >= 0.6 is 0 Å². The summed E-state index contributed by atoms with van der Waals surface area (Å²) in [6, 6.07) is 9.83. The van der Waals surface area contributed by atoms with Gasteiger partial charge in [0.2, 0.25) is 0 Å². The SMILES string of the molecule is COC(=O)c1ccccc1OC(=O)c1cc(OC(C)=O)ccc1OC(C)=O. The molecule has 0 unspecified atom stereocenters. The summed E-state index contributed by atoms with van der Waals surface area (Å²) < 4.78 is 19.8. The lowest BCUT2D eigenvalue weighted by atomic mass is 10.1. The third-order valence-corrected chi connectivity index (χ3v) is 3.18. The van der Waals surface area contributed by atoms with Gasteiger partial charge in [0, 0.05) is 13.8 Å². The lowest BCUT2D eigenvalue weighted by Crippen LogP contribution is -2.15. The van der Waals surface area contributed by atoms with Crippen LogP contribution in [0, 0.1) is 0 Å². The van der Waals surface area contributed by atoms with Gasteiger partial charge < -0.3 is 18.9 Å². The molecule has 0 atom stereocenters. The zero-order valence-corrected chi connectivity index (χ0v) is 14.8. The average molecular weight is 372 g/mol. The quantitative estimate of drug-likeness (QED) is 0.582. The van der Waals surface area contributed by atoms with Gasteiger partial charge in [-0.2, -0.15) is 0 Å². The van der Waals surface area contributed by atoms with Crippen LogP contribution in [0.3, 0.4) is 0 Å². The second-order valence-corrected chi connectivity index (χ2v) is 5.22. The second-order valence-electron chi connectivity index (χ2n) is 5.22. The Hall–Kier alpha value is -3.68. The molecule has 0 heterocycles. The van der Waals surface area contributed by atoms with E-state index in [1.807, 2.05) is 0 Å². The standard InChI is InChI=1S/C19H16O8/c1-11(20)25-13-8-9-17(26-12(2)21)15(10-13)19(23)27-16-7-5-4-6-14(16)18(22)24-3/h4-10H,1-3H3. The van der Waals surface area contributed by atoms with Crippen LogP contribution in [-0.4, -0.2) is 31.0 Å². The molecule has 0 fully saturated rings. The van der Waals surface area contributed by atoms with Gasteiger partial charge in [-0.15, -0.1) is 0 Å². The van der Waals surface area contributed by atoms with Crippen molar-refractivity contribution in [2.45, 2.75) is 13.8 Å². The summed E-state index contributed by atoms with van der Waals surface area (Å²) in [5.74, 6) is -2.92. The Morgan fingerprint density at radius 3 is 1.96 bits per heavy atom. The highest BCUT2D eigenvalue weighted by Crippen LogP contribution is 2.27. The Kier molecular flexibility index (Phi) is 6.27. The molecule has 8 heteroatoms. The maximum Gasteiger partial charge on any atom is 0.347 e. The van der Waals surface area contributed by atoms with Crippen molar-refractivity contribution in [1.82, 2.24) is 0 Å². The molecule has 0 saturated carbocycles. The second kappa shape index (κ2) is 8.61. The number of ether oxygens (including phenoxy) is 4. The van der Waals surface area contributed by atoms with Gasteiger partial charge in [0.05, 0.1) is 7.11 Å². The van der Waals surface area contributed by atoms with Crippen molar-refractivity contribution in [2.75, 3.05) is 7.11 Å². The molecule has 0 bridgehead atoms. The molecule has 0 aromatic heterocycles. The fraction of sp³-hybridized carbons (Fsp3) is 0.158. The van der Waals surface area contributed by atoms with E-state index in [2.05, 4.69) is 4.74 Å². The van der Waals surface area contributed by atoms with Crippen LogP contribution in [0.4, 0.5) is 0 Å². The average Bonchev–Trinajstić information content (AvgIpc) is 2.61. The molecule has 0 aliphatic heterocycles. The third kappa shape index (κ3) is 5.15. The van der Waals surface area contributed by atoms with Crippen LogP contribution in [0.2, 0.25) is 0 Å². The zero-order valence-electron chi connectivity index (χ0n) is 14.8. The lowest BCUT2D eigenvalue weighted by Gasteiger charge is -2.12. The fourth-order valence-electron chi connectivity index (χ4n) is 2.13. The van der Waals surface area contributed by atoms with Crippen molar-refractivity contribution < 1.29 is 38.1 Å². The Labute approximate surface area is 154 Å². The van der Waals surface area contributed by atoms with Gasteiger partial charge in [-0.1, -0.05) is 12.1 Å². The molecular weight excluding hydrogens is 356 g/mol. The summed E-state index contributed by atoms with van der Waals surface area (Å²) in [7, 11) is 1.20. The highest BCUT2D eigenvalue weighted by Gasteiger charge is 2.21. The van der Waals surface area contributed by atoms with Crippen molar-refractivity contribution in [3.63, 3.8) is 0 Å². The zero-order chi connectivity index (χ0) is 20.0. The van der Waals surface area contributed by atoms with Crippen molar-refractivity contribution in [3.05, 3.63) is 53.6 Å². The van der Waals surface area contributed by atoms with E-state index in [9.17, 15) is 19.2 Å². The van der Waals surface area contributed by atoms with Crippen molar-refractivity contribution in [3.8, 4) is 17.2 Å². The maximum absolute atomic E-state index is 12.6. The first-order valence-electron chi connectivity index (χ1n) is 7.72. The fourth-order valence-corrected chi connectivity index (χ4v) is 2.13. The molecule has 0 spiro atoms. The van der Waals surface area contributed by atoms with E-state index < -0.39 is 23.9 Å². The number of para-hydroxylation sites is 1. The normalized spacial score (nSPS) is 9.89. The van der Waals surface area contributed by atoms with Crippen LogP contribution in [0.25, 0.3) is 0 Å². The van der Waals surface area contributed by atoms with E-state index in [0.717, 1.165) is 0 Å². The Balaban J connectivity index is 2.40. The van der Waals surface area contributed by atoms with Gasteiger partial charge in [-0.3, -0.25) is 9.59 Å². The minimum absolute atomic E-state index is 0.0403. The number of rotatable bonds is 5. The molecule has 27 heavy (non-hydrogen) atoms. The third-order valence-electron chi connectivity index (χ3n) is 3.18. The van der Waals surface area contributed by atoms with E-state index in [1.54, 1.807) is 12.1 Å². The minimum Gasteiger partial charge on any atom is -0.465 e. The van der Waals surface area contributed by atoms with Crippen LogP contribution in [0.5, 0.6) is 17.2 Å². The summed E-state index contributed by atoms with van der Waals surface area (Å²) >= 11 is 0. The van der Waals surface area contributed by atoms with Gasteiger partial charge in [-0.25, -0.2) is 9.59 Å². The summed E-state index contributed by atoms with van der Waals surface area (Å²) in [5.41, 5.74) is -0.123. The summed E-state index contributed by atoms with van der Waals surface area (Å²) in [4.78, 5) is 46.8. The lowest BCUT2D eigenvalue weighted by molar-refractivity contribution is -0.133. The largest absolute Gasteiger partial charge is 0.465 e. The number of carbonyl (C=O) groups is 4. The predicted molar refractivity (Wildman–Crippen MR) is 91.8 cm³/mol. The molecular formula is C19H16O8. The molecule has 0 N–H and O–H groups in total.